The van der Waals surface area contributed by atoms with Crippen molar-refractivity contribution in [3.05, 3.63) is 155 Å². The van der Waals surface area contributed by atoms with Crippen molar-refractivity contribution in [2.45, 2.75) is 12.3 Å². The molecular formula is C32H24. The molecule has 0 N–H and O–H groups in total. The minimum atomic E-state index is -0.342. The van der Waals surface area contributed by atoms with Crippen LogP contribution >= 0.6 is 0 Å². The highest BCUT2D eigenvalue weighted by Gasteiger charge is 2.46. The Morgan fingerprint density at radius 1 is 0.469 bits per heavy atom. The zero-order chi connectivity index (χ0) is 21.5. The van der Waals surface area contributed by atoms with E-state index in [-0.39, 0.29) is 5.41 Å². The van der Waals surface area contributed by atoms with Crippen molar-refractivity contribution in [2.24, 2.45) is 0 Å². The van der Waals surface area contributed by atoms with Gasteiger partial charge in [-0.1, -0.05) is 133 Å². The Balaban J connectivity index is 1.80. The van der Waals surface area contributed by atoms with E-state index < -0.39 is 0 Å². The van der Waals surface area contributed by atoms with Crippen LogP contribution in [0.4, 0.5) is 0 Å². The van der Waals surface area contributed by atoms with Gasteiger partial charge in [0.05, 0.1) is 5.41 Å². The van der Waals surface area contributed by atoms with Crippen molar-refractivity contribution >= 4 is 0 Å². The topological polar surface area (TPSA) is 0 Å². The maximum atomic E-state index is 2.37. The van der Waals surface area contributed by atoms with E-state index in [1.54, 1.807) is 0 Å². The third-order valence-electron chi connectivity index (χ3n) is 6.82. The molecule has 0 aliphatic heterocycles. The number of hydrogen-bond acceptors (Lipinski definition) is 0. The van der Waals surface area contributed by atoms with Gasteiger partial charge in [0.1, 0.15) is 0 Å². The second-order valence-corrected chi connectivity index (χ2v) is 8.63. The van der Waals surface area contributed by atoms with Crippen LogP contribution in [0, 0.1) is 6.92 Å². The molecule has 0 amide bonds. The smallest absolute Gasteiger partial charge is 0.0622 e. The summed E-state index contributed by atoms with van der Waals surface area (Å²) >= 11 is 0. The number of fused-ring (bicyclic) bond motifs is 3. The lowest BCUT2D eigenvalue weighted by Crippen LogP contribution is -2.28. The first-order chi connectivity index (χ1) is 15.8. The molecule has 152 valence electrons. The molecule has 0 heteroatoms. The van der Waals surface area contributed by atoms with Gasteiger partial charge in [-0.3, -0.25) is 0 Å². The fourth-order valence-electron chi connectivity index (χ4n) is 5.52. The first kappa shape index (κ1) is 18.8. The predicted octanol–water partition coefficient (Wildman–Crippen LogP) is 8.03. The van der Waals surface area contributed by atoms with Crippen LogP contribution in [0.5, 0.6) is 0 Å². The molecule has 0 spiro atoms. The molecule has 5 aromatic carbocycles. The first-order valence-electron chi connectivity index (χ1n) is 11.2. The van der Waals surface area contributed by atoms with E-state index in [1.165, 1.54) is 50.1 Å². The van der Waals surface area contributed by atoms with Crippen LogP contribution in [-0.4, -0.2) is 0 Å². The summed E-state index contributed by atoms with van der Waals surface area (Å²) in [5, 5.41) is 0. The SMILES string of the molecule is Cc1ccc2c(c1)-c1c(-c3ccccc3)cccc1C2(c1ccccc1)c1ccccc1. The molecule has 32 heavy (non-hydrogen) atoms. The minimum Gasteiger partial charge on any atom is -0.0622 e. The van der Waals surface area contributed by atoms with E-state index in [4.69, 9.17) is 0 Å². The molecule has 0 nitrogen and oxygen atoms in total. The second-order valence-electron chi connectivity index (χ2n) is 8.63. The molecule has 1 aliphatic rings. The molecule has 5 aromatic rings. The summed E-state index contributed by atoms with van der Waals surface area (Å²) in [6.07, 6.45) is 0. The van der Waals surface area contributed by atoms with Crippen molar-refractivity contribution in [3.63, 3.8) is 0 Å². The zero-order valence-electron chi connectivity index (χ0n) is 18.1. The molecule has 0 aromatic heterocycles. The molecule has 0 radical (unpaired) electrons. The van der Waals surface area contributed by atoms with Gasteiger partial charge in [0.25, 0.3) is 0 Å². The Labute approximate surface area is 189 Å². The molecule has 6 rings (SSSR count). The highest BCUT2D eigenvalue weighted by atomic mass is 14.5. The summed E-state index contributed by atoms with van der Waals surface area (Å²) in [6, 6.07) is 46.5. The predicted molar refractivity (Wildman–Crippen MR) is 134 cm³/mol. The summed E-state index contributed by atoms with van der Waals surface area (Å²) in [7, 11) is 0. The second kappa shape index (κ2) is 7.35. The van der Waals surface area contributed by atoms with Crippen LogP contribution in [0.3, 0.4) is 0 Å². The molecule has 0 saturated carbocycles. The Morgan fingerprint density at radius 3 is 1.69 bits per heavy atom. The van der Waals surface area contributed by atoms with Gasteiger partial charge in [0.2, 0.25) is 0 Å². The van der Waals surface area contributed by atoms with Gasteiger partial charge in [-0.05, 0) is 51.4 Å². The largest absolute Gasteiger partial charge is 0.0713 e. The summed E-state index contributed by atoms with van der Waals surface area (Å²) in [6.45, 7) is 2.19. The van der Waals surface area contributed by atoms with E-state index in [9.17, 15) is 0 Å². The van der Waals surface area contributed by atoms with Crippen molar-refractivity contribution in [1.82, 2.24) is 0 Å². The number of aryl methyl sites for hydroxylation is 1. The average Bonchev–Trinajstić information content (AvgIpc) is 3.16. The standard InChI is InChI=1S/C32H24/c1-23-20-21-29-28(22-23)31-27(24-12-5-2-6-13-24)18-11-19-30(31)32(29,25-14-7-3-8-15-25)26-16-9-4-10-17-26/h2-22H,1H3. The van der Waals surface area contributed by atoms with Crippen molar-refractivity contribution in [1.29, 1.82) is 0 Å². The lowest BCUT2D eigenvalue weighted by molar-refractivity contribution is 0.768. The highest BCUT2D eigenvalue weighted by Crippen LogP contribution is 2.58. The van der Waals surface area contributed by atoms with Gasteiger partial charge in [-0.15, -0.1) is 0 Å². The van der Waals surface area contributed by atoms with Gasteiger partial charge >= 0.3 is 0 Å². The number of rotatable bonds is 3. The third-order valence-corrected chi connectivity index (χ3v) is 6.82. The monoisotopic (exact) mass is 408 g/mol. The Hall–Kier alpha value is -3.90. The van der Waals surface area contributed by atoms with Crippen molar-refractivity contribution < 1.29 is 0 Å². The molecule has 0 unspecified atom stereocenters. The van der Waals surface area contributed by atoms with Crippen molar-refractivity contribution in [3.8, 4) is 22.3 Å². The fraction of sp³-hybridized carbons (Fsp3) is 0.0625. The molecule has 0 saturated heterocycles. The van der Waals surface area contributed by atoms with Crippen molar-refractivity contribution in [2.75, 3.05) is 0 Å². The van der Waals surface area contributed by atoms with Gasteiger partial charge < -0.3 is 0 Å². The molecule has 0 bridgehead atoms. The van der Waals surface area contributed by atoms with E-state index in [1.807, 2.05) is 0 Å². The van der Waals surface area contributed by atoms with E-state index in [2.05, 4.69) is 134 Å². The summed E-state index contributed by atoms with van der Waals surface area (Å²) in [4.78, 5) is 0. The minimum absolute atomic E-state index is 0.342. The van der Waals surface area contributed by atoms with Crippen LogP contribution in [0.25, 0.3) is 22.3 Å². The first-order valence-corrected chi connectivity index (χ1v) is 11.2. The number of benzene rings is 5. The maximum absolute atomic E-state index is 2.37. The molecule has 0 heterocycles. The summed E-state index contributed by atoms with van der Waals surface area (Å²) in [5.74, 6) is 0. The summed E-state index contributed by atoms with van der Waals surface area (Å²) in [5.41, 5.74) is 11.5. The van der Waals surface area contributed by atoms with Crippen LogP contribution in [0.15, 0.2) is 127 Å². The Morgan fingerprint density at radius 2 is 1.06 bits per heavy atom. The van der Waals surface area contributed by atoms with Crippen LogP contribution < -0.4 is 0 Å². The normalized spacial score (nSPS) is 13.4. The summed E-state index contributed by atoms with van der Waals surface area (Å²) < 4.78 is 0. The van der Waals surface area contributed by atoms with Gasteiger partial charge in [0.15, 0.2) is 0 Å². The highest BCUT2D eigenvalue weighted by molar-refractivity contribution is 5.95. The lowest BCUT2D eigenvalue weighted by Gasteiger charge is -2.34. The van der Waals surface area contributed by atoms with Crippen LogP contribution in [0.1, 0.15) is 27.8 Å². The maximum Gasteiger partial charge on any atom is 0.0713 e. The Kier molecular flexibility index (Phi) is 4.33. The molecule has 0 fully saturated rings. The molecule has 1 aliphatic carbocycles. The van der Waals surface area contributed by atoms with Gasteiger partial charge in [0, 0.05) is 0 Å². The molecule has 0 atom stereocenters. The zero-order valence-corrected chi connectivity index (χ0v) is 18.1. The lowest BCUT2D eigenvalue weighted by atomic mass is 9.67. The van der Waals surface area contributed by atoms with E-state index in [0.717, 1.165) is 0 Å². The van der Waals surface area contributed by atoms with Crippen LogP contribution in [-0.2, 0) is 5.41 Å². The quantitative estimate of drug-likeness (QED) is 0.278. The fourth-order valence-corrected chi connectivity index (χ4v) is 5.52. The number of hydrogen-bond donors (Lipinski definition) is 0. The Bertz CT molecular complexity index is 1360. The molecular weight excluding hydrogens is 384 g/mol. The van der Waals surface area contributed by atoms with Crippen LogP contribution in [0.2, 0.25) is 0 Å². The van der Waals surface area contributed by atoms with Gasteiger partial charge in [-0.2, -0.15) is 0 Å². The van der Waals surface area contributed by atoms with E-state index >= 15 is 0 Å². The van der Waals surface area contributed by atoms with E-state index in [0.29, 0.717) is 0 Å². The van der Waals surface area contributed by atoms with Gasteiger partial charge in [-0.25, -0.2) is 0 Å². The third kappa shape index (κ3) is 2.63. The average molecular weight is 409 g/mol.